The lowest BCUT2D eigenvalue weighted by atomic mass is 10.1. The quantitative estimate of drug-likeness (QED) is 0.792. The zero-order valence-corrected chi connectivity index (χ0v) is 12.9. The lowest BCUT2D eigenvalue weighted by Gasteiger charge is -2.18. The van der Waals surface area contributed by atoms with Gasteiger partial charge in [0.25, 0.3) is 5.91 Å². The SMILES string of the molecule is Nc1cccc2c1CCN2C(=O)c1ccc(Cl)cc1Br. The van der Waals surface area contributed by atoms with Gasteiger partial charge in [0.05, 0.1) is 5.56 Å². The average Bonchev–Trinajstić information content (AvgIpc) is 2.83. The van der Waals surface area contributed by atoms with E-state index in [1.165, 1.54) is 0 Å². The van der Waals surface area contributed by atoms with E-state index in [0.29, 0.717) is 21.6 Å². The van der Waals surface area contributed by atoms with E-state index >= 15 is 0 Å². The minimum Gasteiger partial charge on any atom is -0.398 e. The highest BCUT2D eigenvalue weighted by atomic mass is 79.9. The lowest BCUT2D eigenvalue weighted by molar-refractivity contribution is 0.0988. The summed E-state index contributed by atoms with van der Waals surface area (Å²) >= 11 is 9.30. The zero-order chi connectivity index (χ0) is 14.3. The van der Waals surface area contributed by atoms with Crippen LogP contribution in [0.1, 0.15) is 15.9 Å². The number of nitrogens with two attached hydrogens (primary N) is 1. The molecule has 0 bridgehead atoms. The molecule has 0 aromatic heterocycles. The van der Waals surface area contributed by atoms with Crippen molar-refractivity contribution in [2.24, 2.45) is 0 Å². The zero-order valence-electron chi connectivity index (χ0n) is 10.6. The summed E-state index contributed by atoms with van der Waals surface area (Å²) in [7, 11) is 0. The summed E-state index contributed by atoms with van der Waals surface area (Å²) in [4.78, 5) is 14.4. The molecular formula is C15H12BrClN2O. The number of amides is 1. The predicted octanol–water partition coefficient (Wildman–Crippen LogP) is 3.89. The second kappa shape index (κ2) is 5.11. The number of nitrogen functional groups attached to an aromatic ring is 1. The van der Waals surface area contributed by atoms with Gasteiger partial charge in [-0.2, -0.15) is 0 Å². The van der Waals surface area contributed by atoms with Gasteiger partial charge < -0.3 is 10.6 Å². The third-order valence-electron chi connectivity index (χ3n) is 3.47. The number of hydrogen-bond donors (Lipinski definition) is 1. The Labute approximate surface area is 130 Å². The molecule has 1 aliphatic heterocycles. The van der Waals surface area contributed by atoms with Gasteiger partial charge >= 0.3 is 0 Å². The topological polar surface area (TPSA) is 46.3 Å². The molecule has 3 nitrogen and oxygen atoms in total. The Hall–Kier alpha value is -1.52. The summed E-state index contributed by atoms with van der Waals surface area (Å²) in [5.41, 5.74) is 9.25. The van der Waals surface area contributed by atoms with E-state index in [1.54, 1.807) is 23.1 Å². The summed E-state index contributed by atoms with van der Waals surface area (Å²) in [5.74, 6) is -0.0436. The van der Waals surface area contributed by atoms with Gasteiger partial charge in [-0.1, -0.05) is 17.7 Å². The highest BCUT2D eigenvalue weighted by Crippen LogP contribution is 2.34. The fourth-order valence-electron chi connectivity index (χ4n) is 2.48. The number of benzene rings is 2. The van der Waals surface area contributed by atoms with Crippen LogP contribution in [0, 0.1) is 0 Å². The van der Waals surface area contributed by atoms with Crippen LogP contribution < -0.4 is 10.6 Å². The molecule has 2 aromatic rings. The molecule has 1 amide bonds. The van der Waals surface area contributed by atoms with Gasteiger partial charge in [0.1, 0.15) is 0 Å². The van der Waals surface area contributed by atoms with Crippen molar-refractivity contribution in [1.82, 2.24) is 0 Å². The molecule has 5 heteroatoms. The number of anilines is 2. The molecule has 0 spiro atoms. The van der Waals surface area contributed by atoms with Gasteiger partial charge in [-0.05, 0) is 52.7 Å². The smallest absolute Gasteiger partial charge is 0.259 e. The van der Waals surface area contributed by atoms with Crippen molar-refractivity contribution in [1.29, 1.82) is 0 Å². The molecule has 20 heavy (non-hydrogen) atoms. The Morgan fingerprint density at radius 3 is 2.85 bits per heavy atom. The minimum atomic E-state index is -0.0436. The van der Waals surface area contributed by atoms with E-state index in [0.717, 1.165) is 23.4 Å². The molecule has 2 N–H and O–H groups in total. The van der Waals surface area contributed by atoms with Gasteiger partial charge in [-0.25, -0.2) is 0 Å². The van der Waals surface area contributed by atoms with Crippen molar-refractivity contribution in [3.8, 4) is 0 Å². The van der Waals surface area contributed by atoms with Crippen LogP contribution in [0.15, 0.2) is 40.9 Å². The monoisotopic (exact) mass is 350 g/mol. The maximum Gasteiger partial charge on any atom is 0.259 e. The van der Waals surface area contributed by atoms with Gasteiger partial charge in [-0.15, -0.1) is 0 Å². The number of rotatable bonds is 1. The molecule has 0 radical (unpaired) electrons. The first kappa shape index (κ1) is 13.5. The average molecular weight is 352 g/mol. The van der Waals surface area contributed by atoms with Crippen LogP contribution in [0.3, 0.4) is 0 Å². The Morgan fingerprint density at radius 2 is 2.10 bits per heavy atom. The molecule has 0 unspecified atom stereocenters. The van der Waals surface area contributed by atoms with Gasteiger partial charge in [0, 0.05) is 33.0 Å². The molecule has 0 saturated carbocycles. The Kier molecular flexibility index (Phi) is 3.44. The Balaban J connectivity index is 2.00. The molecular weight excluding hydrogens is 340 g/mol. The van der Waals surface area contributed by atoms with Crippen molar-refractivity contribution in [3.63, 3.8) is 0 Å². The van der Waals surface area contributed by atoms with Crippen LogP contribution in [0.4, 0.5) is 11.4 Å². The number of nitrogens with zero attached hydrogens (tertiary/aromatic N) is 1. The van der Waals surface area contributed by atoms with E-state index in [2.05, 4.69) is 15.9 Å². The maximum absolute atomic E-state index is 12.7. The first-order chi connectivity index (χ1) is 9.58. The summed E-state index contributed by atoms with van der Waals surface area (Å²) in [6.45, 7) is 0.650. The molecule has 2 aromatic carbocycles. The molecule has 3 rings (SSSR count). The number of carbonyl (C=O) groups excluding carboxylic acids is 1. The molecule has 1 heterocycles. The standard InChI is InChI=1S/C15H12BrClN2O/c16-12-8-9(17)4-5-10(12)15(20)19-7-6-11-13(18)2-1-3-14(11)19/h1-5,8H,6-7,18H2. The van der Waals surface area contributed by atoms with E-state index in [-0.39, 0.29) is 5.91 Å². The number of halogens is 2. The van der Waals surface area contributed by atoms with Crippen LogP contribution in [-0.4, -0.2) is 12.5 Å². The van der Waals surface area contributed by atoms with Crippen LogP contribution in [0.25, 0.3) is 0 Å². The third-order valence-corrected chi connectivity index (χ3v) is 4.36. The number of fused-ring (bicyclic) bond motifs is 1. The van der Waals surface area contributed by atoms with Crippen molar-refractivity contribution < 1.29 is 4.79 Å². The molecule has 0 saturated heterocycles. The van der Waals surface area contributed by atoms with Crippen molar-refractivity contribution >= 4 is 44.8 Å². The maximum atomic E-state index is 12.7. The highest BCUT2D eigenvalue weighted by Gasteiger charge is 2.27. The summed E-state index contributed by atoms with van der Waals surface area (Å²) in [6, 6.07) is 10.8. The summed E-state index contributed by atoms with van der Waals surface area (Å²) < 4.78 is 0.701. The Morgan fingerprint density at radius 1 is 1.30 bits per heavy atom. The van der Waals surface area contributed by atoms with Crippen molar-refractivity contribution in [2.45, 2.75) is 6.42 Å². The minimum absolute atomic E-state index is 0.0436. The van der Waals surface area contributed by atoms with Gasteiger partial charge in [0.15, 0.2) is 0 Å². The van der Waals surface area contributed by atoms with Gasteiger partial charge in [0.2, 0.25) is 0 Å². The van der Waals surface area contributed by atoms with E-state index in [1.807, 2.05) is 18.2 Å². The Bertz CT molecular complexity index is 702. The third kappa shape index (κ3) is 2.19. The molecule has 0 aliphatic carbocycles. The second-order valence-corrected chi connectivity index (χ2v) is 5.97. The fraction of sp³-hybridized carbons (Fsp3) is 0.133. The number of carbonyl (C=O) groups is 1. The van der Waals surface area contributed by atoms with Gasteiger partial charge in [-0.3, -0.25) is 4.79 Å². The fourth-order valence-corrected chi connectivity index (χ4v) is 3.33. The van der Waals surface area contributed by atoms with E-state index in [9.17, 15) is 4.79 Å². The summed E-state index contributed by atoms with van der Waals surface area (Å²) in [6.07, 6.45) is 0.791. The van der Waals surface area contributed by atoms with Crippen molar-refractivity contribution in [2.75, 3.05) is 17.2 Å². The molecule has 102 valence electrons. The van der Waals surface area contributed by atoms with E-state index < -0.39 is 0 Å². The lowest BCUT2D eigenvalue weighted by Crippen LogP contribution is -2.29. The van der Waals surface area contributed by atoms with E-state index in [4.69, 9.17) is 17.3 Å². The van der Waals surface area contributed by atoms with Crippen LogP contribution in [-0.2, 0) is 6.42 Å². The first-order valence-corrected chi connectivity index (χ1v) is 7.39. The summed E-state index contributed by atoms with van der Waals surface area (Å²) in [5, 5.41) is 0.597. The molecule has 0 atom stereocenters. The van der Waals surface area contributed by atoms with Crippen LogP contribution in [0.5, 0.6) is 0 Å². The second-order valence-electron chi connectivity index (χ2n) is 4.68. The molecule has 1 aliphatic rings. The normalized spacial score (nSPS) is 13.4. The number of hydrogen-bond acceptors (Lipinski definition) is 2. The van der Waals surface area contributed by atoms with Crippen LogP contribution >= 0.6 is 27.5 Å². The van der Waals surface area contributed by atoms with Crippen LogP contribution in [0.2, 0.25) is 5.02 Å². The predicted molar refractivity (Wildman–Crippen MR) is 85.4 cm³/mol. The van der Waals surface area contributed by atoms with Crippen molar-refractivity contribution in [3.05, 3.63) is 57.0 Å². The molecule has 0 fully saturated rings. The largest absolute Gasteiger partial charge is 0.398 e. The first-order valence-electron chi connectivity index (χ1n) is 6.22. The highest BCUT2D eigenvalue weighted by molar-refractivity contribution is 9.10.